The van der Waals surface area contributed by atoms with Crippen LogP contribution in [0.15, 0.2) is 72.9 Å². The summed E-state index contributed by atoms with van der Waals surface area (Å²) >= 11 is 0. The van der Waals surface area contributed by atoms with E-state index in [0.717, 1.165) is 64.2 Å². The molecular weight excluding hydrogens is 1040 g/mol. The largest absolute Gasteiger partial charge is 0.472 e. The summed E-state index contributed by atoms with van der Waals surface area (Å²) in [6, 6.07) is 0. The zero-order valence-electron chi connectivity index (χ0n) is 54.5. The molecule has 9 nitrogen and oxygen atoms in total. The molecule has 1 N–H and O–H groups in total. The van der Waals surface area contributed by atoms with Crippen molar-refractivity contribution in [3.05, 3.63) is 72.9 Å². The van der Waals surface area contributed by atoms with Crippen LogP contribution in [0.25, 0.3) is 0 Å². The van der Waals surface area contributed by atoms with Crippen LogP contribution in [-0.2, 0) is 32.7 Å². The number of ether oxygens (including phenoxy) is 2. The molecule has 0 saturated carbocycles. The first-order chi connectivity index (χ1) is 40.0. The van der Waals surface area contributed by atoms with Gasteiger partial charge in [0.25, 0.3) is 0 Å². The van der Waals surface area contributed by atoms with Gasteiger partial charge in [0.2, 0.25) is 0 Å². The van der Waals surface area contributed by atoms with Crippen LogP contribution < -0.4 is 0 Å². The highest BCUT2D eigenvalue weighted by molar-refractivity contribution is 7.47. The summed E-state index contributed by atoms with van der Waals surface area (Å²) in [5, 5.41) is 0. The number of carbonyl (C=O) groups is 2. The topological polar surface area (TPSA) is 108 Å². The summed E-state index contributed by atoms with van der Waals surface area (Å²) in [4.78, 5) is 35.8. The van der Waals surface area contributed by atoms with Gasteiger partial charge in [0.15, 0.2) is 6.10 Å². The number of nitrogens with zero attached hydrogens (tertiary/aromatic N) is 1. The van der Waals surface area contributed by atoms with Gasteiger partial charge in [0.05, 0.1) is 27.7 Å². The number of likely N-dealkylation sites (N-methyl/N-ethyl adjacent to an activating group) is 1. The molecule has 0 fully saturated rings. The van der Waals surface area contributed by atoms with E-state index in [0.29, 0.717) is 17.4 Å². The molecule has 2 unspecified atom stereocenters. The predicted octanol–water partition coefficient (Wildman–Crippen LogP) is 22.4. The Balaban J connectivity index is 3.98. The quantitative estimate of drug-likeness (QED) is 0.0211. The van der Waals surface area contributed by atoms with E-state index in [2.05, 4.69) is 86.8 Å². The summed E-state index contributed by atoms with van der Waals surface area (Å²) in [6.07, 6.45) is 84.4. The standard InChI is InChI=1S/C72H132NO8P/c1-6-8-10-12-14-16-18-20-22-24-26-28-29-30-31-32-33-34-35-36-37-38-39-40-41-42-43-45-47-49-51-53-55-57-59-61-63-65-72(75)81-70(69-80-82(76,77)79-67-66-73(3,4)5)68-78-71(74)64-62-60-58-56-54-52-50-48-46-44-27-25-23-21-19-17-15-13-11-9-7-2/h8,10,14,16,20,22,25-28,30-31,70H,6-7,9,11-13,15,17-19,21,23-24,29,32-69H2,1-5H3/p+1/b10-8-,16-14-,22-20-,27-25-,28-26-,31-30-. The van der Waals surface area contributed by atoms with E-state index in [-0.39, 0.29) is 32.0 Å². The molecule has 0 aliphatic carbocycles. The second-order valence-electron chi connectivity index (χ2n) is 24.5. The summed E-state index contributed by atoms with van der Waals surface area (Å²) in [5.74, 6) is -0.785. The Hall–Kier alpha value is -2.55. The molecule has 82 heavy (non-hydrogen) atoms. The Kier molecular flexibility index (Phi) is 61.0. The fraction of sp³-hybridized carbons (Fsp3) is 0.806. The summed E-state index contributed by atoms with van der Waals surface area (Å²) in [6.45, 7) is 4.36. The minimum Gasteiger partial charge on any atom is -0.462 e. The normalized spacial score (nSPS) is 13.6. The molecule has 0 bridgehead atoms. The summed E-state index contributed by atoms with van der Waals surface area (Å²) in [7, 11) is 1.49. The first kappa shape index (κ1) is 79.5. The van der Waals surface area contributed by atoms with Gasteiger partial charge in [-0.25, -0.2) is 4.57 Å². The van der Waals surface area contributed by atoms with Gasteiger partial charge in [0.1, 0.15) is 19.8 Å². The molecule has 0 spiro atoms. The molecule has 0 rings (SSSR count). The molecule has 0 saturated heterocycles. The Morgan fingerprint density at radius 1 is 0.390 bits per heavy atom. The van der Waals surface area contributed by atoms with Crippen LogP contribution >= 0.6 is 7.82 Å². The molecule has 0 aromatic rings. The van der Waals surface area contributed by atoms with Gasteiger partial charge in [-0.15, -0.1) is 0 Å². The van der Waals surface area contributed by atoms with Crippen LogP contribution in [0.1, 0.15) is 322 Å². The number of quaternary nitrogens is 1. The highest BCUT2D eigenvalue weighted by Crippen LogP contribution is 2.43. The molecule has 0 aromatic heterocycles. The number of esters is 2. The predicted molar refractivity (Wildman–Crippen MR) is 353 cm³/mol. The van der Waals surface area contributed by atoms with Crippen LogP contribution in [0.4, 0.5) is 0 Å². The number of carbonyl (C=O) groups excluding carboxylic acids is 2. The first-order valence-electron chi connectivity index (χ1n) is 34.7. The molecule has 0 heterocycles. The number of rotatable bonds is 64. The third kappa shape index (κ3) is 66.6. The molecule has 0 aliphatic rings. The molecule has 0 aromatic carbocycles. The lowest BCUT2D eigenvalue weighted by molar-refractivity contribution is -0.870. The molecule has 10 heteroatoms. The Bertz CT molecular complexity index is 1610. The fourth-order valence-corrected chi connectivity index (χ4v) is 10.7. The maximum Gasteiger partial charge on any atom is 0.472 e. The zero-order chi connectivity index (χ0) is 59.8. The van der Waals surface area contributed by atoms with Gasteiger partial charge in [0, 0.05) is 12.8 Å². The van der Waals surface area contributed by atoms with Gasteiger partial charge in [-0.1, -0.05) is 299 Å². The lowest BCUT2D eigenvalue weighted by Crippen LogP contribution is -2.37. The fourth-order valence-electron chi connectivity index (χ4n) is 9.92. The van der Waals surface area contributed by atoms with Gasteiger partial charge in [-0.3, -0.25) is 18.6 Å². The third-order valence-corrected chi connectivity index (χ3v) is 16.2. The minimum absolute atomic E-state index is 0.0320. The molecular formula is C72H133NO8P+. The Morgan fingerprint density at radius 2 is 0.695 bits per heavy atom. The van der Waals surface area contributed by atoms with E-state index in [9.17, 15) is 19.0 Å². The number of phosphoric ester groups is 1. The van der Waals surface area contributed by atoms with E-state index in [1.165, 1.54) is 225 Å². The smallest absolute Gasteiger partial charge is 0.462 e. The molecule has 478 valence electrons. The van der Waals surface area contributed by atoms with Crippen LogP contribution in [0.5, 0.6) is 0 Å². The van der Waals surface area contributed by atoms with E-state index in [4.69, 9.17) is 18.5 Å². The lowest BCUT2D eigenvalue weighted by Gasteiger charge is -2.24. The first-order valence-corrected chi connectivity index (χ1v) is 36.2. The highest BCUT2D eigenvalue weighted by atomic mass is 31.2. The molecule has 2 atom stereocenters. The van der Waals surface area contributed by atoms with Crippen molar-refractivity contribution < 1.29 is 42.1 Å². The van der Waals surface area contributed by atoms with Crippen molar-refractivity contribution in [1.29, 1.82) is 0 Å². The van der Waals surface area contributed by atoms with E-state index in [1.54, 1.807) is 0 Å². The van der Waals surface area contributed by atoms with Crippen LogP contribution in [0, 0.1) is 0 Å². The van der Waals surface area contributed by atoms with Gasteiger partial charge >= 0.3 is 19.8 Å². The second kappa shape index (κ2) is 63.0. The van der Waals surface area contributed by atoms with Crippen molar-refractivity contribution in [3.63, 3.8) is 0 Å². The van der Waals surface area contributed by atoms with E-state index in [1.807, 2.05) is 21.1 Å². The molecule has 0 radical (unpaired) electrons. The average molecular weight is 1170 g/mol. The van der Waals surface area contributed by atoms with Crippen molar-refractivity contribution in [1.82, 2.24) is 0 Å². The van der Waals surface area contributed by atoms with Crippen molar-refractivity contribution >= 4 is 19.8 Å². The summed E-state index contributed by atoms with van der Waals surface area (Å²) in [5.41, 5.74) is 0. The molecule has 0 aliphatic heterocycles. The molecule has 0 amide bonds. The van der Waals surface area contributed by atoms with Crippen molar-refractivity contribution in [2.24, 2.45) is 0 Å². The third-order valence-electron chi connectivity index (χ3n) is 15.2. The lowest BCUT2D eigenvalue weighted by atomic mass is 10.0. The minimum atomic E-state index is -4.39. The monoisotopic (exact) mass is 1170 g/mol. The van der Waals surface area contributed by atoms with Crippen molar-refractivity contribution in [2.45, 2.75) is 328 Å². The Labute approximate surface area is 508 Å². The van der Waals surface area contributed by atoms with Gasteiger partial charge in [-0.05, 0) is 83.5 Å². The SMILES string of the molecule is CC/C=C\C/C=C\C/C=C\C/C=C\C/C=C\CCCCCCCCCCCCCCCCCCCCCCCC(=O)OC(COC(=O)CCCCCCCCCCC/C=C\CCCCCCCCCC)COP(=O)(O)OCC[N+](C)(C)C. The number of hydrogen-bond acceptors (Lipinski definition) is 7. The van der Waals surface area contributed by atoms with Crippen molar-refractivity contribution in [2.75, 3.05) is 47.5 Å². The van der Waals surface area contributed by atoms with Crippen LogP contribution in [0.2, 0.25) is 0 Å². The van der Waals surface area contributed by atoms with Crippen LogP contribution in [0.3, 0.4) is 0 Å². The van der Waals surface area contributed by atoms with Crippen LogP contribution in [-0.4, -0.2) is 74.9 Å². The maximum absolute atomic E-state index is 12.9. The van der Waals surface area contributed by atoms with E-state index >= 15 is 0 Å². The Morgan fingerprint density at radius 3 is 1.05 bits per heavy atom. The maximum atomic E-state index is 12.9. The van der Waals surface area contributed by atoms with Crippen molar-refractivity contribution in [3.8, 4) is 0 Å². The number of phosphoric acid groups is 1. The van der Waals surface area contributed by atoms with Gasteiger partial charge < -0.3 is 18.9 Å². The summed E-state index contributed by atoms with van der Waals surface area (Å²) < 4.78 is 34.7. The zero-order valence-corrected chi connectivity index (χ0v) is 55.4. The number of allylic oxidation sites excluding steroid dienone is 12. The number of unbranched alkanes of at least 4 members (excludes halogenated alkanes) is 38. The highest BCUT2D eigenvalue weighted by Gasteiger charge is 2.27. The average Bonchev–Trinajstić information content (AvgIpc) is 3.46. The number of hydrogen-bond donors (Lipinski definition) is 1. The van der Waals surface area contributed by atoms with E-state index < -0.39 is 26.5 Å². The van der Waals surface area contributed by atoms with Gasteiger partial charge in [-0.2, -0.15) is 0 Å². The second-order valence-corrected chi connectivity index (χ2v) is 26.0.